The van der Waals surface area contributed by atoms with Crippen molar-refractivity contribution in [2.45, 2.75) is 6.54 Å². The first kappa shape index (κ1) is 17.2. The molecule has 8 nitrogen and oxygen atoms in total. The van der Waals surface area contributed by atoms with Crippen LogP contribution >= 0.6 is 11.8 Å². The van der Waals surface area contributed by atoms with Crippen molar-refractivity contribution >= 4 is 23.7 Å². The van der Waals surface area contributed by atoms with Crippen LogP contribution in [0.5, 0.6) is 5.75 Å². The molecule has 24 heavy (non-hydrogen) atoms. The first-order valence-electron chi connectivity index (χ1n) is 6.81. The zero-order valence-electron chi connectivity index (χ0n) is 12.4. The molecule has 0 unspecified atom stereocenters. The number of aromatic carboxylic acids is 1. The summed E-state index contributed by atoms with van der Waals surface area (Å²) in [6, 6.07) is 15.2. The van der Waals surface area contributed by atoms with E-state index in [1.165, 1.54) is 0 Å². The summed E-state index contributed by atoms with van der Waals surface area (Å²) in [5.41, 5.74) is 1.25. The number of benzene rings is 2. The number of carboxylic acid groups (broad SMARTS) is 1. The summed E-state index contributed by atoms with van der Waals surface area (Å²) in [5.74, 6) is -0.313. The first-order chi connectivity index (χ1) is 11.5. The topological polar surface area (TPSA) is 113 Å². The second-order valence-corrected chi connectivity index (χ2v) is 4.85. The highest BCUT2D eigenvalue weighted by atomic mass is 35.5. The fourth-order valence-corrected chi connectivity index (χ4v) is 1.80. The van der Waals surface area contributed by atoms with Crippen LogP contribution in [0, 0.1) is 0 Å². The van der Waals surface area contributed by atoms with Crippen LogP contribution in [0.4, 0.5) is 5.95 Å². The minimum absolute atomic E-state index is 0.225. The van der Waals surface area contributed by atoms with E-state index < -0.39 is 5.97 Å². The molecule has 0 amide bonds. The van der Waals surface area contributed by atoms with E-state index in [4.69, 9.17) is 16.9 Å². The number of nitrogens with zero attached hydrogens (tertiary/aromatic N) is 4. The number of tetrazole rings is 1. The van der Waals surface area contributed by atoms with Gasteiger partial charge in [0.2, 0.25) is 0 Å². The van der Waals surface area contributed by atoms with Gasteiger partial charge < -0.3 is 15.5 Å². The van der Waals surface area contributed by atoms with Gasteiger partial charge in [-0.15, -0.1) is 0 Å². The van der Waals surface area contributed by atoms with Crippen molar-refractivity contribution in [2.24, 2.45) is 0 Å². The maximum Gasteiger partial charge on any atom is 0.335 e. The van der Waals surface area contributed by atoms with Gasteiger partial charge in [0, 0.05) is 6.54 Å². The molecule has 9 heteroatoms. The SMILES string of the molecule is O=C(O)c1ccccc1.Oc1cccc(CNc2nnn(Cl)n2)c1. The summed E-state index contributed by atoms with van der Waals surface area (Å²) in [6.07, 6.45) is 0. The Kier molecular flexibility index (Phi) is 6.09. The monoisotopic (exact) mass is 347 g/mol. The van der Waals surface area contributed by atoms with Crippen LogP contribution in [0.3, 0.4) is 0 Å². The maximum absolute atomic E-state index is 10.2. The third-order valence-corrected chi connectivity index (χ3v) is 2.92. The Hall–Kier alpha value is -3.13. The fraction of sp³-hybridized carbons (Fsp3) is 0.0667. The van der Waals surface area contributed by atoms with Gasteiger partial charge in [-0.2, -0.15) is 0 Å². The smallest absolute Gasteiger partial charge is 0.335 e. The van der Waals surface area contributed by atoms with Crippen molar-refractivity contribution in [3.63, 3.8) is 0 Å². The summed E-state index contributed by atoms with van der Waals surface area (Å²) in [6.45, 7) is 0.497. The lowest BCUT2D eigenvalue weighted by molar-refractivity contribution is 0.0697. The maximum atomic E-state index is 10.2. The van der Waals surface area contributed by atoms with Crippen LogP contribution in [0.15, 0.2) is 54.6 Å². The molecule has 3 aromatic rings. The van der Waals surface area contributed by atoms with Crippen LogP contribution < -0.4 is 5.32 Å². The molecule has 124 valence electrons. The van der Waals surface area contributed by atoms with Gasteiger partial charge in [0.05, 0.1) is 17.3 Å². The van der Waals surface area contributed by atoms with E-state index in [-0.39, 0.29) is 5.75 Å². The van der Waals surface area contributed by atoms with Crippen molar-refractivity contribution in [1.82, 2.24) is 19.7 Å². The number of aromatic nitrogens is 4. The van der Waals surface area contributed by atoms with E-state index in [9.17, 15) is 9.90 Å². The quantitative estimate of drug-likeness (QED) is 0.664. The molecule has 0 bridgehead atoms. The van der Waals surface area contributed by atoms with Crippen LogP contribution in [-0.2, 0) is 6.54 Å². The third kappa shape index (κ3) is 5.58. The predicted octanol–water partition coefficient (Wildman–Crippen LogP) is 2.38. The van der Waals surface area contributed by atoms with E-state index in [1.807, 2.05) is 6.07 Å². The molecular weight excluding hydrogens is 334 g/mol. The highest BCUT2D eigenvalue weighted by molar-refractivity contribution is 6.13. The summed E-state index contributed by atoms with van der Waals surface area (Å²) in [7, 11) is 0. The molecule has 1 aromatic heterocycles. The average Bonchev–Trinajstić information content (AvgIpc) is 3.00. The number of anilines is 1. The molecule has 3 rings (SSSR count). The lowest BCUT2D eigenvalue weighted by Gasteiger charge is -2.01. The molecule has 0 radical (unpaired) electrons. The number of rotatable bonds is 4. The van der Waals surface area contributed by atoms with Gasteiger partial charge in [-0.05, 0) is 35.0 Å². The van der Waals surface area contributed by atoms with Crippen LogP contribution in [0.25, 0.3) is 0 Å². The molecule has 0 fully saturated rings. The van der Waals surface area contributed by atoms with Crippen LogP contribution in [0.2, 0.25) is 0 Å². The minimum Gasteiger partial charge on any atom is -0.508 e. The molecule has 0 saturated carbocycles. The molecule has 2 aromatic carbocycles. The van der Waals surface area contributed by atoms with E-state index in [0.29, 0.717) is 18.1 Å². The lowest BCUT2D eigenvalue weighted by Crippen LogP contribution is -2.00. The zero-order valence-corrected chi connectivity index (χ0v) is 13.1. The van der Waals surface area contributed by atoms with E-state index in [1.54, 1.807) is 48.5 Å². The van der Waals surface area contributed by atoms with Crippen LogP contribution in [-0.4, -0.2) is 35.9 Å². The molecule has 0 spiro atoms. The van der Waals surface area contributed by atoms with Crippen LogP contribution in [0.1, 0.15) is 15.9 Å². The zero-order chi connectivity index (χ0) is 17.4. The normalized spacial score (nSPS) is 9.71. The van der Waals surface area contributed by atoms with Gasteiger partial charge in [-0.25, -0.2) is 4.79 Å². The minimum atomic E-state index is -0.879. The fourth-order valence-electron chi connectivity index (χ4n) is 1.70. The van der Waals surface area contributed by atoms with Crippen molar-refractivity contribution in [3.05, 3.63) is 65.7 Å². The standard InChI is InChI=1S/C8H8ClN5O.C7H6O2/c9-14-12-8(11-13-14)10-5-6-2-1-3-7(15)4-6;8-7(9)6-4-2-1-3-5-6/h1-4,15H,5H2,(H,10,12);1-5H,(H,8,9). The van der Waals surface area contributed by atoms with Crippen molar-refractivity contribution < 1.29 is 15.0 Å². The molecule has 0 aliphatic heterocycles. The Bertz CT molecular complexity index is 795. The third-order valence-electron chi connectivity index (χ3n) is 2.77. The number of halogens is 1. The highest BCUT2D eigenvalue weighted by Crippen LogP contribution is 2.11. The number of nitrogens with one attached hydrogen (secondary N) is 1. The van der Waals surface area contributed by atoms with Gasteiger partial charge >= 0.3 is 5.97 Å². The number of phenols is 1. The largest absolute Gasteiger partial charge is 0.508 e. The highest BCUT2D eigenvalue weighted by Gasteiger charge is 2.00. The van der Waals surface area contributed by atoms with Crippen molar-refractivity contribution in [3.8, 4) is 5.75 Å². The molecule has 0 atom stereocenters. The average molecular weight is 348 g/mol. The second-order valence-electron chi connectivity index (χ2n) is 4.55. The number of carboxylic acids is 1. The Morgan fingerprint density at radius 2 is 1.92 bits per heavy atom. The molecule has 0 aliphatic rings. The van der Waals surface area contributed by atoms with Gasteiger partial charge in [-0.3, -0.25) is 0 Å². The van der Waals surface area contributed by atoms with Crippen molar-refractivity contribution in [2.75, 3.05) is 5.32 Å². The van der Waals surface area contributed by atoms with E-state index in [2.05, 4.69) is 20.7 Å². The number of hydrogen-bond acceptors (Lipinski definition) is 6. The molecule has 0 aliphatic carbocycles. The Morgan fingerprint density at radius 1 is 1.17 bits per heavy atom. The number of phenolic OH excluding ortho intramolecular Hbond substituents is 1. The molecule has 0 saturated heterocycles. The predicted molar refractivity (Wildman–Crippen MR) is 87.9 cm³/mol. The second kappa shape index (κ2) is 8.49. The van der Waals surface area contributed by atoms with Gasteiger partial charge in [0.1, 0.15) is 5.75 Å². The van der Waals surface area contributed by atoms with Crippen molar-refractivity contribution in [1.29, 1.82) is 0 Å². The summed E-state index contributed by atoms with van der Waals surface area (Å²) in [5, 5.41) is 31.4. The molecular formula is C15H14ClN5O3. The number of hydrogen-bond donors (Lipinski definition) is 3. The Balaban J connectivity index is 0.000000198. The van der Waals surface area contributed by atoms with E-state index in [0.717, 1.165) is 9.88 Å². The summed E-state index contributed by atoms with van der Waals surface area (Å²) in [4.78, 5) is 10.2. The Labute approximate surface area is 142 Å². The summed E-state index contributed by atoms with van der Waals surface area (Å²) < 4.78 is 0.852. The Morgan fingerprint density at radius 3 is 2.46 bits per heavy atom. The number of carbonyl (C=O) groups is 1. The first-order valence-corrected chi connectivity index (χ1v) is 7.14. The lowest BCUT2D eigenvalue weighted by atomic mass is 10.2. The van der Waals surface area contributed by atoms with Gasteiger partial charge in [0.15, 0.2) is 0 Å². The number of aromatic hydroxyl groups is 1. The van der Waals surface area contributed by atoms with E-state index >= 15 is 0 Å². The van der Waals surface area contributed by atoms with Gasteiger partial charge in [0.25, 0.3) is 5.95 Å². The molecule has 1 heterocycles. The molecule has 3 N–H and O–H groups in total. The van der Waals surface area contributed by atoms with Gasteiger partial charge in [-0.1, -0.05) is 44.8 Å². The summed E-state index contributed by atoms with van der Waals surface area (Å²) >= 11 is 5.42.